The summed E-state index contributed by atoms with van der Waals surface area (Å²) in [6.45, 7) is 7.16. The van der Waals surface area contributed by atoms with Crippen molar-refractivity contribution in [3.8, 4) is 11.1 Å². The molecule has 1 aliphatic rings. The van der Waals surface area contributed by atoms with Gasteiger partial charge < -0.3 is 20.1 Å². The molecule has 0 aromatic heterocycles. The number of hydrogen-bond donors (Lipinski definition) is 2. The van der Waals surface area contributed by atoms with Gasteiger partial charge in [0.1, 0.15) is 17.2 Å². The summed E-state index contributed by atoms with van der Waals surface area (Å²) in [5.41, 5.74) is 2.68. The number of amides is 2. The van der Waals surface area contributed by atoms with Gasteiger partial charge in [-0.1, -0.05) is 72.3 Å². The lowest BCUT2D eigenvalue weighted by Gasteiger charge is -2.30. The van der Waals surface area contributed by atoms with Crippen LogP contribution in [0.15, 0.2) is 72.8 Å². The molecule has 210 valence electrons. The zero-order chi connectivity index (χ0) is 28.9. The van der Waals surface area contributed by atoms with Gasteiger partial charge in [-0.25, -0.2) is 9.59 Å². The molecule has 0 aliphatic heterocycles. The van der Waals surface area contributed by atoms with Gasteiger partial charge in [-0.15, -0.1) is 0 Å². The monoisotopic (exact) mass is 562 g/mol. The van der Waals surface area contributed by atoms with E-state index in [2.05, 4.69) is 10.6 Å². The molecule has 0 heterocycles. The number of benzene rings is 3. The minimum atomic E-state index is -1.31. The second-order valence-corrected chi connectivity index (χ2v) is 11.5. The lowest BCUT2D eigenvalue weighted by molar-refractivity contribution is -0.153. The van der Waals surface area contributed by atoms with Crippen molar-refractivity contribution in [2.24, 2.45) is 0 Å². The average Bonchev–Trinajstić information content (AvgIpc) is 3.27. The van der Waals surface area contributed by atoms with Gasteiger partial charge in [0.15, 0.2) is 0 Å². The average molecular weight is 563 g/mol. The number of nitrogens with one attached hydrogen (secondary N) is 2. The highest BCUT2D eigenvalue weighted by molar-refractivity contribution is 6.30. The molecule has 0 saturated carbocycles. The highest BCUT2D eigenvalue weighted by Gasteiger charge is 2.47. The quantitative estimate of drug-likeness (QED) is 0.346. The van der Waals surface area contributed by atoms with Crippen LogP contribution in [0.3, 0.4) is 0 Å². The third-order valence-corrected chi connectivity index (χ3v) is 6.94. The molecule has 1 aliphatic carbocycles. The second kappa shape index (κ2) is 12.1. The number of hydrogen-bond acceptors (Lipinski definition) is 5. The van der Waals surface area contributed by atoms with E-state index in [-0.39, 0.29) is 25.9 Å². The molecule has 3 aromatic carbocycles. The number of carbonyl (C=O) groups excluding carboxylic acids is 3. The number of rotatable bonds is 8. The van der Waals surface area contributed by atoms with Crippen molar-refractivity contribution in [1.29, 1.82) is 0 Å². The van der Waals surface area contributed by atoms with Crippen LogP contribution in [0.4, 0.5) is 4.79 Å². The van der Waals surface area contributed by atoms with Crippen LogP contribution in [0.2, 0.25) is 5.02 Å². The SMILES string of the molecule is CCOC(=O)C1(NC(=O)C(Cc2ccccc2)NC(=O)OC(C)(C)C)Cc2ccc(-c3ccc(Cl)cc3)cc2C1. The summed E-state index contributed by atoms with van der Waals surface area (Å²) in [6.07, 6.45) is 0.0476. The Hall–Kier alpha value is -3.84. The molecule has 40 heavy (non-hydrogen) atoms. The third-order valence-electron chi connectivity index (χ3n) is 6.69. The van der Waals surface area contributed by atoms with Gasteiger partial charge in [0.2, 0.25) is 5.91 Å². The van der Waals surface area contributed by atoms with Gasteiger partial charge in [-0.05, 0) is 67.6 Å². The summed E-state index contributed by atoms with van der Waals surface area (Å²) in [7, 11) is 0. The molecule has 2 amide bonds. The molecule has 4 rings (SSSR count). The Morgan fingerprint density at radius 1 is 0.925 bits per heavy atom. The molecule has 0 spiro atoms. The normalized spacial score (nSPS) is 16.9. The van der Waals surface area contributed by atoms with Crippen LogP contribution in [0.5, 0.6) is 0 Å². The van der Waals surface area contributed by atoms with E-state index in [1.54, 1.807) is 27.7 Å². The Balaban J connectivity index is 1.61. The van der Waals surface area contributed by atoms with Gasteiger partial charge in [-0.2, -0.15) is 0 Å². The van der Waals surface area contributed by atoms with Gasteiger partial charge in [0.05, 0.1) is 6.61 Å². The van der Waals surface area contributed by atoms with E-state index in [1.807, 2.05) is 72.8 Å². The summed E-state index contributed by atoms with van der Waals surface area (Å²) in [4.78, 5) is 39.9. The Labute approximate surface area is 240 Å². The molecule has 0 bridgehead atoms. The standard InChI is InChI=1S/C32H35ClN2O5/c1-5-39-29(37)32(19-24-12-11-23(18-25(24)20-32)22-13-15-26(33)16-14-22)35-28(36)27(17-21-9-7-6-8-10-21)34-30(38)40-31(2,3)4/h6-16,18,27H,5,17,19-20H2,1-4H3,(H,34,38)(H,35,36). The summed E-state index contributed by atoms with van der Waals surface area (Å²) in [5, 5.41) is 6.33. The number of esters is 1. The fourth-order valence-electron chi connectivity index (χ4n) is 4.88. The van der Waals surface area contributed by atoms with Crippen LogP contribution >= 0.6 is 11.6 Å². The van der Waals surface area contributed by atoms with Crippen LogP contribution in [0, 0.1) is 0 Å². The van der Waals surface area contributed by atoms with Crippen LogP contribution < -0.4 is 10.6 Å². The number of alkyl carbamates (subject to hydrolysis) is 1. The van der Waals surface area contributed by atoms with Crippen molar-refractivity contribution in [2.75, 3.05) is 6.61 Å². The number of carbonyl (C=O) groups is 3. The highest BCUT2D eigenvalue weighted by Crippen LogP contribution is 2.35. The van der Waals surface area contributed by atoms with E-state index in [4.69, 9.17) is 21.1 Å². The predicted molar refractivity (Wildman–Crippen MR) is 155 cm³/mol. The molecule has 2 unspecified atom stereocenters. The van der Waals surface area contributed by atoms with E-state index < -0.39 is 35.2 Å². The lowest BCUT2D eigenvalue weighted by atomic mass is 9.94. The highest BCUT2D eigenvalue weighted by atomic mass is 35.5. The Kier molecular flexibility index (Phi) is 8.84. The number of halogens is 1. The van der Waals surface area contributed by atoms with E-state index in [0.29, 0.717) is 5.02 Å². The van der Waals surface area contributed by atoms with Crippen molar-refractivity contribution < 1.29 is 23.9 Å². The Morgan fingerprint density at radius 2 is 1.57 bits per heavy atom. The van der Waals surface area contributed by atoms with Crippen LogP contribution in [0.1, 0.15) is 44.4 Å². The van der Waals surface area contributed by atoms with Gasteiger partial charge in [0, 0.05) is 24.3 Å². The summed E-state index contributed by atoms with van der Waals surface area (Å²) < 4.78 is 10.9. The lowest BCUT2D eigenvalue weighted by Crippen LogP contribution is -2.61. The van der Waals surface area contributed by atoms with Crippen LogP contribution in [0.25, 0.3) is 11.1 Å². The largest absolute Gasteiger partial charge is 0.464 e. The molecule has 0 radical (unpaired) electrons. The zero-order valence-corrected chi connectivity index (χ0v) is 24.0. The first-order valence-corrected chi connectivity index (χ1v) is 13.8. The summed E-state index contributed by atoms with van der Waals surface area (Å²) >= 11 is 6.06. The minimum Gasteiger partial charge on any atom is -0.464 e. The summed E-state index contributed by atoms with van der Waals surface area (Å²) in [5.74, 6) is -1.00. The van der Waals surface area contributed by atoms with Crippen molar-refractivity contribution in [2.45, 2.75) is 64.1 Å². The molecule has 7 nitrogen and oxygen atoms in total. The maximum Gasteiger partial charge on any atom is 0.408 e. The molecular weight excluding hydrogens is 528 g/mol. The van der Waals surface area contributed by atoms with Crippen LogP contribution in [-0.2, 0) is 38.3 Å². The Bertz CT molecular complexity index is 1370. The maximum absolute atomic E-state index is 13.8. The molecular formula is C32H35ClN2O5. The predicted octanol–water partition coefficient (Wildman–Crippen LogP) is 5.66. The molecule has 2 atom stereocenters. The van der Waals surface area contributed by atoms with Gasteiger partial charge in [-0.3, -0.25) is 4.79 Å². The van der Waals surface area contributed by atoms with E-state index in [9.17, 15) is 14.4 Å². The Morgan fingerprint density at radius 3 is 2.23 bits per heavy atom. The van der Waals surface area contributed by atoms with Crippen molar-refractivity contribution >= 4 is 29.6 Å². The molecule has 0 fully saturated rings. The molecule has 0 saturated heterocycles. The maximum atomic E-state index is 13.8. The van der Waals surface area contributed by atoms with E-state index >= 15 is 0 Å². The fraction of sp³-hybridized carbons (Fsp3) is 0.344. The first-order valence-electron chi connectivity index (χ1n) is 13.4. The molecule has 3 aromatic rings. The number of ether oxygens (including phenoxy) is 2. The van der Waals surface area contributed by atoms with Crippen molar-refractivity contribution in [1.82, 2.24) is 10.6 Å². The number of fused-ring (bicyclic) bond motifs is 1. The van der Waals surface area contributed by atoms with Crippen molar-refractivity contribution in [3.63, 3.8) is 0 Å². The topological polar surface area (TPSA) is 93.7 Å². The fourth-order valence-corrected chi connectivity index (χ4v) is 5.01. The smallest absolute Gasteiger partial charge is 0.408 e. The van der Waals surface area contributed by atoms with Gasteiger partial charge >= 0.3 is 12.1 Å². The first kappa shape index (κ1) is 29.2. The van der Waals surface area contributed by atoms with Crippen molar-refractivity contribution in [3.05, 3.63) is 94.5 Å². The zero-order valence-electron chi connectivity index (χ0n) is 23.3. The van der Waals surface area contributed by atoms with Crippen LogP contribution in [-0.4, -0.2) is 41.8 Å². The molecule has 8 heteroatoms. The van der Waals surface area contributed by atoms with E-state index in [0.717, 1.165) is 27.8 Å². The molecule has 2 N–H and O–H groups in total. The summed E-state index contributed by atoms with van der Waals surface area (Å²) in [6, 6.07) is 21.9. The minimum absolute atomic E-state index is 0.173. The van der Waals surface area contributed by atoms with E-state index in [1.165, 1.54) is 0 Å². The second-order valence-electron chi connectivity index (χ2n) is 11.0. The first-order chi connectivity index (χ1) is 19.0. The van der Waals surface area contributed by atoms with Gasteiger partial charge in [0.25, 0.3) is 0 Å². The third kappa shape index (κ3) is 7.21.